The molecule has 4 nitrogen and oxygen atoms in total. The standard InChI is InChI=1S/C17H18N2O2/c1-11-9-13(20)10-17(21)19(11)8-7-14-12(2)18-16-6-4-3-5-15(14)16/h3-6,9-10,18,20H,7-8H2,1-2H3. The van der Waals surface area contributed by atoms with Gasteiger partial charge in [0.1, 0.15) is 5.75 Å². The molecule has 108 valence electrons. The van der Waals surface area contributed by atoms with Gasteiger partial charge in [-0.1, -0.05) is 18.2 Å². The summed E-state index contributed by atoms with van der Waals surface area (Å²) in [4.78, 5) is 15.3. The van der Waals surface area contributed by atoms with Crippen molar-refractivity contribution in [2.24, 2.45) is 0 Å². The zero-order valence-corrected chi connectivity index (χ0v) is 12.2. The van der Waals surface area contributed by atoms with Crippen LogP contribution in [0, 0.1) is 13.8 Å². The van der Waals surface area contributed by atoms with E-state index in [1.807, 2.05) is 19.1 Å². The maximum Gasteiger partial charge on any atom is 0.254 e. The highest BCUT2D eigenvalue weighted by Crippen LogP contribution is 2.22. The molecule has 0 atom stereocenters. The summed E-state index contributed by atoms with van der Waals surface area (Å²) in [5, 5.41) is 10.6. The third-order valence-corrected chi connectivity index (χ3v) is 3.93. The largest absolute Gasteiger partial charge is 0.508 e. The third kappa shape index (κ3) is 2.44. The minimum atomic E-state index is -0.162. The molecule has 0 aliphatic rings. The van der Waals surface area contributed by atoms with E-state index in [1.165, 1.54) is 17.0 Å². The average Bonchev–Trinajstić information content (AvgIpc) is 2.73. The third-order valence-electron chi connectivity index (χ3n) is 3.93. The van der Waals surface area contributed by atoms with E-state index in [-0.39, 0.29) is 11.3 Å². The number of fused-ring (bicyclic) bond motifs is 1. The van der Waals surface area contributed by atoms with Crippen LogP contribution < -0.4 is 5.56 Å². The van der Waals surface area contributed by atoms with Crippen molar-refractivity contribution in [1.29, 1.82) is 0 Å². The molecule has 2 aromatic heterocycles. The lowest BCUT2D eigenvalue weighted by Gasteiger charge is -2.10. The van der Waals surface area contributed by atoms with Crippen LogP contribution >= 0.6 is 0 Å². The molecule has 2 N–H and O–H groups in total. The highest BCUT2D eigenvalue weighted by molar-refractivity contribution is 5.84. The molecule has 1 aromatic carbocycles. The van der Waals surface area contributed by atoms with Crippen LogP contribution in [0.2, 0.25) is 0 Å². The van der Waals surface area contributed by atoms with Crippen LogP contribution in [0.15, 0.2) is 41.2 Å². The van der Waals surface area contributed by atoms with Gasteiger partial charge in [0.25, 0.3) is 5.56 Å². The topological polar surface area (TPSA) is 58.0 Å². The molecule has 3 rings (SSSR count). The quantitative estimate of drug-likeness (QED) is 0.776. The fourth-order valence-electron chi connectivity index (χ4n) is 2.88. The Labute approximate surface area is 122 Å². The van der Waals surface area contributed by atoms with Gasteiger partial charge in [0.05, 0.1) is 0 Å². The lowest BCUT2D eigenvalue weighted by Crippen LogP contribution is -2.22. The van der Waals surface area contributed by atoms with Gasteiger partial charge >= 0.3 is 0 Å². The van der Waals surface area contributed by atoms with Gasteiger partial charge < -0.3 is 14.7 Å². The van der Waals surface area contributed by atoms with E-state index in [1.54, 1.807) is 10.6 Å². The number of aromatic amines is 1. The minimum absolute atomic E-state index is 0.0250. The molecule has 0 fully saturated rings. The molecule has 0 bridgehead atoms. The smallest absolute Gasteiger partial charge is 0.254 e. The minimum Gasteiger partial charge on any atom is -0.508 e. The number of para-hydroxylation sites is 1. The van der Waals surface area contributed by atoms with Crippen molar-refractivity contribution in [1.82, 2.24) is 9.55 Å². The van der Waals surface area contributed by atoms with Crippen molar-refractivity contribution in [2.75, 3.05) is 0 Å². The van der Waals surface area contributed by atoms with E-state index in [0.29, 0.717) is 6.54 Å². The molecule has 0 radical (unpaired) electrons. The number of hydrogen-bond acceptors (Lipinski definition) is 2. The summed E-state index contributed by atoms with van der Waals surface area (Å²) >= 11 is 0. The summed E-state index contributed by atoms with van der Waals surface area (Å²) in [7, 11) is 0. The summed E-state index contributed by atoms with van der Waals surface area (Å²) in [5.74, 6) is 0.0250. The van der Waals surface area contributed by atoms with Crippen LogP contribution in [0.25, 0.3) is 10.9 Å². The molecule has 0 aliphatic carbocycles. The Morgan fingerprint density at radius 3 is 2.71 bits per heavy atom. The molecular formula is C17H18N2O2. The Hall–Kier alpha value is -2.49. The monoisotopic (exact) mass is 282 g/mol. The number of H-pyrrole nitrogens is 1. The fourth-order valence-corrected chi connectivity index (χ4v) is 2.88. The van der Waals surface area contributed by atoms with Gasteiger partial charge in [0, 0.05) is 34.9 Å². The molecule has 0 saturated carbocycles. The number of pyridine rings is 1. The van der Waals surface area contributed by atoms with Crippen LogP contribution in [0.3, 0.4) is 0 Å². The number of nitrogens with zero attached hydrogens (tertiary/aromatic N) is 1. The van der Waals surface area contributed by atoms with E-state index in [0.717, 1.165) is 23.3 Å². The first kappa shape index (κ1) is 13.5. The number of benzene rings is 1. The molecular weight excluding hydrogens is 264 g/mol. The number of aryl methyl sites for hydroxylation is 3. The highest BCUT2D eigenvalue weighted by atomic mass is 16.3. The second-order valence-corrected chi connectivity index (χ2v) is 5.37. The van der Waals surface area contributed by atoms with Crippen molar-refractivity contribution in [3.05, 3.63) is 63.7 Å². The molecule has 21 heavy (non-hydrogen) atoms. The predicted octanol–water partition coefficient (Wildman–Crippen LogP) is 2.89. The maximum absolute atomic E-state index is 12.0. The van der Waals surface area contributed by atoms with Crippen molar-refractivity contribution in [2.45, 2.75) is 26.8 Å². The number of hydrogen-bond donors (Lipinski definition) is 2. The molecule has 0 amide bonds. The Kier molecular flexibility index (Phi) is 3.29. The molecule has 2 heterocycles. The average molecular weight is 282 g/mol. The first-order valence-electron chi connectivity index (χ1n) is 7.03. The number of rotatable bonds is 3. The molecule has 3 aromatic rings. The summed E-state index contributed by atoms with van der Waals surface area (Å²) < 4.78 is 1.70. The van der Waals surface area contributed by atoms with Crippen LogP contribution in [-0.2, 0) is 13.0 Å². The maximum atomic E-state index is 12.0. The Balaban J connectivity index is 1.94. The first-order valence-corrected chi connectivity index (χ1v) is 7.03. The number of nitrogens with one attached hydrogen (secondary N) is 1. The van der Waals surface area contributed by atoms with Gasteiger partial charge in [-0.05, 0) is 38.0 Å². The summed E-state index contributed by atoms with van der Waals surface area (Å²) in [5.41, 5.74) is 4.12. The Bertz CT molecular complexity index is 859. The predicted molar refractivity (Wildman–Crippen MR) is 83.8 cm³/mol. The normalized spacial score (nSPS) is 11.1. The van der Waals surface area contributed by atoms with E-state index >= 15 is 0 Å². The van der Waals surface area contributed by atoms with Gasteiger partial charge in [0.2, 0.25) is 0 Å². The summed E-state index contributed by atoms with van der Waals surface area (Å²) in [6, 6.07) is 11.1. The molecule has 0 aliphatic heterocycles. The van der Waals surface area contributed by atoms with Crippen molar-refractivity contribution < 1.29 is 5.11 Å². The zero-order chi connectivity index (χ0) is 15.0. The molecule has 0 saturated heterocycles. The molecule has 4 heteroatoms. The number of aromatic nitrogens is 2. The SMILES string of the molecule is Cc1[nH]c2ccccc2c1CCn1c(C)cc(O)cc1=O. The van der Waals surface area contributed by atoms with E-state index in [4.69, 9.17) is 0 Å². The van der Waals surface area contributed by atoms with Crippen molar-refractivity contribution in [3.63, 3.8) is 0 Å². The van der Waals surface area contributed by atoms with E-state index < -0.39 is 0 Å². The number of aromatic hydroxyl groups is 1. The van der Waals surface area contributed by atoms with E-state index in [9.17, 15) is 9.90 Å². The lowest BCUT2D eigenvalue weighted by molar-refractivity contribution is 0.469. The van der Waals surface area contributed by atoms with Gasteiger partial charge in [-0.2, -0.15) is 0 Å². The van der Waals surface area contributed by atoms with Crippen molar-refractivity contribution in [3.8, 4) is 5.75 Å². The highest BCUT2D eigenvalue weighted by Gasteiger charge is 2.09. The van der Waals surface area contributed by atoms with Gasteiger partial charge in [0.15, 0.2) is 0 Å². The fraction of sp³-hybridized carbons (Fsp3) is 0.235. The summed E-state index contributed by atoms with van der Waals surface area (Å²) in [6.45, 7) is 4.50. The van der Waals surface area contributed by atoms with Crippen molar-refractivity contribution >= 4 is 10.9 Å². The van der Waals surface area contributed by atoms with Crippen LogP contribution in [0.5, 0.6) is 5.75 Å². The van der Waals surface area contributed by atoms with E-state index in [2.05, 4.69) is 24.0 Å². The van der Waals surface area contributed by atoms with Gasteiger partial charge in [-0.25, -0.2) is 0 Å². The van der Waals surface area contributed by atoms with Crippen LogP contribution in [0.1, 0.15) is 17.0 Å². The lowest BCUT2D eigenvalue weighted by atomic mass is 10.1. The second kappa shape index (κ2) is 5.13. The second-order valence-electron chi connectivity index (χ2n) is 5.37. The van der Waals surface area contributed by atoms with Gasteiger partial charge in [-0.3, -0.25) is 4.79 Å². The first-order chi connectivity index (χ1) is 10.1. The molecule has 0 unspecified atom stereocenters. The Morgan fingerprint density at radius 1 is 1.19 bits per heavy atom. The summed E-state index contributed by atoms with van der Waals surface area (Å²) in [6.07, 6.45) is 0.779. The van der Waals surface area contributed by atoms with Crippen LogP contribution in [0.4, 0.5) is 0 Å². The zero-order valence-electron chi connectivity index (χ0n) is 12.2. The van der Waals surface area contributed by atoms with Crippen LogP contribution in [-0.4, -0.2) is 14.7 Å². The van der Waals surface area contributed by atoms with Gasteiger partial charge in [-0.15, -0.1) is 0 Å². The molecule has 0 spiro atoms. The Morgan fingerprint density at radius 2 is 1.95 bits per heavy atom.